The number of urea groups is 1. The number of aliphatic carboxylic acids is 1. The number of rotatable bonds is 9. The Bertz CT molecular complexity index is 555. The number of carboxylic acids is 1. The molecule has 24 heavy (non-hydrogen) atoms. The molecule has 0 aromatic heterocycles. The lowest BCUT2D eigenvalue weighted by Crippen LogP contribution is -2.34. The largest absolute Gasteiger partial charge is 0.481 e. The first-order chi connectivity index (χ1) is 11.4. The van der Waals surface area contributed by atoms with Crippen molar-refractivity contribution in [2.75, 3.05) is 11.9 Å². The van der Waals surface area contributed by atoms with Crippen molar-refractivity contribution in [1.82, 2.24) is 10.6 Å². The summed E-state index contributed by atoms with van der Waals surface area (Å²) < 4.78 is 0. The van der Waals surface area contributed by atoms with Gasteiger partial charge >= 0.3 is 12.0 Å². The van der Waals surface area contributed by atoms with Gasteiger partial charge in [0.25, 0.3) is 5.91 Å². The van der Waals surface area contributed by atoms with Gasteiger partial charge in [0.15, 0.2) is 0 Å². The summed E-state index contributed by atoms with van der Waals surface area (Å²) >= 11 is 0. The van der Waals surface area contributed by atoms with E-state index >= 15 is 0 Å². The third-order valence-electron chi connectivity index (χ3n) is 3.18. The molecule has 0 spiro atoms. The predicted octanol–water partition coefficient (Wildman–Crippen LogP) is 2.59. The Morgan fingerprint density at radius 1 is 1.04 bits per heavy atom. The van der Waals surface area contributed by atoms with Crippen LogP contribution in [-0.2, 0) is 4.79 Å². The van der Waals surface area contributed by atoms with Gasteiger partial charge in [-0.25, -0.2) is 4.79 Å². The van der Waals surface area contributed by atoms with Crippen LogP contribution in [0.3, 0.4) is 0 Å². The maximum Gasteiger partial charge on any atom is 0.319 e. The van der Waals surface area contributed by atoms with E-state index in [0.29, 0.717) is 24.2 Å². The summed E-state index contributed by atoms with van der Waals surface area (Å²) in [6, 6.07) is 6.38. The first-order valence-electron chi connectivity index (χ1n) is 8.06. The number of unbranched alkanes of at least 4 members (excludes halogenated alkanes) is 2. The summed E-state index contributed by atoms with van der Waals surface area (Å²) in [6.45, 7) is 4.25. The lowest BCUT2D eigenvalue weighted by molar-refractivity contribution is -0.137. The predicted molar refractivity (Wildman–Crippen MR) is 92.2 cm³/mol. The molecule has 1 rings (SSSR count). The Hall–Kier alpha value is -2.57. The Morgan fingerprint density at radius 3 is 2.29 bits per heavy atom. The van der Waals surface area contributed by atoms with Gasteiger partial charge < -0.3 is 21.1 Å². The summed E-state index contributed by atoms with van der Waals surface area (Å²) in [5, 5.41) is 16.7. The molecule has 0 heterocycles. The van der Waals surface area contributed by atoms with E-state index in [0.717, 1.165) is 12.8 Å². The second-order valence-electron chi connectivity index (χ2n) is 5.79. The zero-order chi connectivity index (χ0) is 17.9. The Labute approximate surface area is 141 Å². The zero-order valence-electron chi connectivity index (χ0n) is 14.1. The molecule has 0 saturated carbocycles. The van der Waals surface area contributed by atoms with Crippen molar-refractivity contribution in [3.63, 3.8) is 0 Å². The summed E-state index contributed by atoms with van der Waals surface area (Å²) in [6.07, 6.45) is 2.28. The maximum atomic E-state index is 12.0. The van der Waals surface area contributed by atoms with Crippen LogP contribution in [0.25, 0.3) is 0 Å². The standard InChI is InChI=1S/C17H25N3O4/c1-12(2)19-17(24)20-14-9-7-13(8-10-14)16(23)18-11-5-3-4-6-15(21)22/h7-10,12H,3-6,11H2,1-2H3,(H,18,23)(H,21,22)(H2,19,20,24). The van der Waals surface area contributed by atoms with Crippen LogP contribution < -0.4 is 16.0 Å². The van der Waals surface area contributed by atoms with Crippen molar-refractivity contribution in [1.29, 1.82) is 0 Å². The van der Waals surface area contributed by atoms with E-state index < -0.39 is 5.97 Å². The molecule has 7 nitrogen and oxygen atoms in total. The molecule has 7 heteroatoms. The fourth-order valence-corrected chi connectivity index (χ4v) is 2.02. The highest BCUT2D eigenvalue weighted by Crippen LogP contribution is 2.09. The summed E-state index contributed by atoms with van der Waals surface area (Å²) in [7, 11) is 0. The molecule has 3 amide bonds. The number of carbonyl (C=O) groups excluding carboxylic acids is 2. The topological polar surface area (TPSA) is 108 Å². The SMILES string of the molecule is CC(C)NC(=O)Nc1ccc(C(=O)NCCCCCC(=O)O)cc1. The molecule has 0 radical (unpaired) electrons. The summed E-state index contributed by atoms with van der Waals surface area (Å²) in [4.78, 5) is 33.9. The third kappa shape index (κ3) is 8.17. The maximum absolute atomic E-state index is 12.0. The van der Waals surface area contributed by atoms with E-state index in [1.54, 1.807) is 24.3 Å². The van der Waals surface area contributed by atoms with Gasteiger partial charge in [-0.1, -0.05) is 6.42 Å². The van der Waals surface area contributed by atoms with Gasteiger partial charge in [-0.15, -0.1) is 0 Å². The van der Waals surface area contributed by atoms with Gasteiger partial charge in [-0.05, 0) is 51.0 Å². The molecular weight excluding hydrogens is 310 g/mol. The number of benzene rings is 1. The smallest absolute Gasteiger partial charge is 0.319 e. The molecule has 0 aliphatic rings. The van der Waals surface area contributed by atoms with Gasteiger partial charge in [-0.3, -0.25) is 9.59 Å². The average Bonchev–Trinajstić information content (AvgIpc) is 2.50. The highest BCUT2D eigenvalue weighted by molar-refractivity contribution is 5.95. The third-order valence-corrected chi connectivity index (χ3v) is 3.18. The number of hydrogen-bond donors (Lipinski definition) is 4. The number of anilines is 1. The van der Waals surface area contributed by atoms with Crippen LogP contribution in [-0.4, -0.2) is 35.6 Å². The van der Waals surface area contributed by atoms with E-state index in [9.17, 15) is 14.4 Å². The molecule has 0 fully saturated rings. The second-order valence-corrected chi connectivity index (χ2v) is 5.79. The number of hydrogen-bond acceptors (Lipinski definition) is 3. The molecule has 1 aromatic rings. The molecule has 132 valence electrons. The quantitative estimate of drug-likeness (QED) is 0.520. The van der Waals surface area contributed by atoms with Crippen LogP contribution in [0.2, 0.25) is 0 Å². The van der Waals surface area contributed by atoms with Gasteiger partial charge in [0.05, 0.1) is 0 Å². The van der Waals surface area contributed by atoms with Crippen molar-refractivity contribution < 1.29 is 19.5 Å². The van der Waals surface area contributed by atoms with Crippen LogP contribution in [0.4, 0.5) is 10.5 Å². The molecule has 4 N–H and O–H groups in total. The van der Waals surface area contributed by atoms with Crippen molar-refractivity contribution in [3.05, 3.63) is 29.8 Å². The minimum atomic E-state index is -0.796. The molecule has 0 bridgehead atoms. The van der Waals surface area contributed by atoms with Crippen LogP contribution in [0.1, 0.15) is 49.9 Å². The second kappa shape index (κ2) is 10.3. The fraction of sp³-hybridized carbons (Fsp3) is 0.471. The highest BCUT2D eigenvalue weighted by atomic mass is 16.4. The average molecular weight is 335 g/mol. The van der Waals surface area contributed by atoms with Crippen molar-refractivity contribution in [2.45, 2.75) is 45.6 Å². The lowest BCUT2D eigenvalue weighted by Gasteiger charge is -2.10. The first kappa shape index (κ1) is 19.5. The lowest BCUT2D eigenvalue weighted by atomic mass is 10.1. The summed E-state index contributed by atoms with van der Waals surface area (Å²) in [5.74, 6) is -0.985. The minimum Gasteiger partial charge on any atom is -0.481 e. The number of carbonyl (C=O) groups is 3. The number of carboxylic acid groups (broad SMARTS) is 1. The molecule has 0 atom stereocenters. The number of amides is 3. The van der Waals surface area contributed by atoms with Crippen LogP contribution in [0.15, 0.2) is 24.3 Å². The van der Waals surface area contributed by atoms with Crippen molar-refractivity contribution in [2.24, 2.45) is 0 Å². The van der Waals surface area contributed by atoms with E-state index in [1.807, 2.05) is 13.8 Å². The van der Waals surface area contributed by atoms with Crippen molar-refractivity contribution >= 4 is 23.6 Å². The Balaban J connectivity index is 2.33. The van der Waals surface area contributed by atoms with Crippen molar-refractivity contribution in [3.8, 4) is 0 Å². The molecule has 0 unspecified atom stereocenters. The van der Waals surface area contributed by atoms with E-state index in [-0.39, 0.29) is 24.4 Å². The number of nitrogens with one attached hydrogen (secondary N) is 3. The van der Waals surface area contributed by atoms with E-state index in [4.69, 9.17) is 5.11 Å². The van der Waals surface area contributed by atoms with Crippen LogP contribution >= 0.6 is 0 Å². The molecule has 0 saturated heterocycles. The minimum absolute atomic E-state index is 0.0468. The van der Waals surface area contributed by atoms with Gasteiger partial charge in [0.2, 0.25) is 0 Å². The van der Waals surface area contributed by atoms with Gasteiger partial charge in [-0.2, -0.15) is 0 Å². The van der Waals surface area contributed by atoms with Gasteiger partial charge in [0.1, 0.15) is 0 Å². The molecular formula is C17H25N3O4. The zero-order valence-corrected chi connectivity index (χ0v) is 14.1. The molecule has 0 aliphatic carbocycles. The molecule has 1 aromatic carbocycles. The Morgan fingerprint density at radius 2 is 1.71 bits per heavy atom. The molecule has 0 aliphatic heterocycles. The fourth-order valence-electron chi connectivity index (χ4n) is 2.02. The first-order valence-corrected chi connectivity index (χ1v) is 8.06. The monoisotopic (exact) mass is 335 g/mol. The Kier molecular flexibility index (Phi) is 8.32. The van der Waals surface area contributed by atoms with Gasteiger partial charge in [0, 0.05) is 30.3 Å². The highest BCUT2D eigenvalue weighted by Gasteiger charge is 2.07. The van der Waals surface area contributed by atoms with Crippen LogP contribution in [0.5, 0.6) is 0 Å². The van der Waals surface area contributed by atoms with E-state index in [1.165, 1.54) is 0 Å². The van der Waals surface area contributed by atoms with E-state index in [2.05, 4.69) is 16.0 Å². The van der Waals surface area contributed by atoms with Crippen LogP contribution in [0, 0.1) is 0 Å². The normalized spacial score (nSPS) is 10.3. The summed E-state index contributed by atoms with van der Waals surface area (Å²) in [5.41, 5.74) is 1.12.